The normalized spacial score (nSPS) is 10.8. The summed E-state index contributed by atoms with van der Waals surface area (Å²) in [6, 6.07) is 0.591. The third-order valence-corrected chi connectivity index (χ3v) is 2.11. The van der Waals surface area contributed by atoms with Gasteiger partial charge in [-0.3, -0.25) is 0 Å². The Morgan fingerprint density at radius 3 is 2.08 bits per heavy atom. The predicted molar refractivity (Wildman–Crippen MR) is 60.9 cm³/mol. The summed E-state index contributed by atoms with van der Waals surface area (Å²) in [6.45, 7) is 13.0. The molecule has 1 nitrogen and oxygen atoms in total. The van der Waals surface area contributed by atoms with Gasteiger partial charge in [-0.2, -0.15) is 0 Å². The van der Waals surface area contributed by atoms with Crippen molar-refractivity contribution in [1.82, 2.24) is 5.32 Å². The molecule has 0 rings (SSSR count). The van der Waals surface area contributed by atoms with Gasteiger partial charge in [-0.1, -0.05) is 26.0 Å². The summed E-state index contributed by atoms with van der Waals surface area (Å²) >= 11 is 0. The predicted octanol–water partition coefficient (Wildman–Crippen LogP) is 3.14. The number of hydrogen-bond donors (Lipinski definition) is 1. The van der Waals surface area contributed by atoms with Crippen molar-refractivity contribution in [2.24, 2.45) is 5.92 Å². The van der Waals surface area contributed by atoms with Gasteiger partial charge in [0.1, 0.15) is 0 Å². The first-order valence-electron chi connectivity index (χ1n) is 5.15. The van der Waals surface area contributed by atoms with Crippen LogP contribution in [0.2, 0.25) is 0 Å². The molecule has 0 atom stereocenters. The minimum Gasteiger partial charge on any atom is -0.315 e. The molecule has 0 bridgehead atoms. The van der Waals surface area contributed by atoms with Gasteiger partial charge in [0.25, 0.3) is 0 Å². The van der Waals surface area contributed by atoms with E-state index in [-0.39, 0.29) is 0 Å². The fraction of sp³-hybridized carbons (Fsp3) is 0.667. The minimum absolute atomic E-state index is 0.591. The van der Waals surface area contributed by atoms with E-state index in [0.29, 0.717) is 6.04 Å². The molecule has 0 heterocycles. The summed E-state index contributed by atoms with van der Waals surface area (Å²) in [5.74, 6) is 0.723. The van der Waals surface area contributed by atoms with Gasteiger partial charge in [0.2, 0.25) is 0 Å². The molecule has 0 aromatic rings. The molecule has 1 heteroatoms. The molecule has 0 radical (unpaired) electrons. The van der Waals surface area contributed by atoms with Crippen LogP contribution in [0.5, 0.6) is 0 Å². The summed E-state index contributed by atoms with van der Waals surface area (Å²) < 4.78 is 0. The minimum atomic E-state index is 0.591. The van der Waals surface area contributed by atoms with Gasteiger partial charge in [-0.15, -0.1) is 13.2 Å². The Bertz CT molecular complexity index is 128. The summed E-state index contributed by atoms with van der Waals surface area (Å²) in [4.78, 5) is 0. The number of hydrogen-bond acceptors (Lipinski definition) is 1. The van der Waals surface area contributed by atoms with Crippen molar-refractivity contribution >= 4 is 0 Å². The van der Waals surface area contributed by atoms with Gasteiger partial charge in [-0.25, -0.2) is 0 Å². The van der Waals surface area contributed by atoms with Crippen LogP contribution < -0.4 is 5.32 Å². The molecule has 0 aromatic heterocycles. The molecule has 0 aromatic carbocycles. The van der Waals surface area contributed by atoms with Crippen molar-refractivity contribution in [3.63, 3.8) is 0 Å². The van der Waals surface area contributed by atoms with Crippen molar-refractivity contribution in [2.45, 2.75) is 39.2 Å². The molecule has 0 aliphatic heterocycles. The van der Waals surface area contributed by atoms with Crippen molar-refractivity contribution in [3.8, 4) is 0 Å². The van der Waals surface area contributed by atoms with Gasteiger partial charge in [0.15, 0.2) is 0 Å². The average Bonchev–Trinajstić information content (AvgIpc) is 2.04. The zero-order valence-electron chi connectivity index (χ0n) is 9.05. The highest BCUT2D eigenvalue weighted by Gasteiger charge is 2.04. The van der Waals surface area contributed by atoms with Crippen molar-refractivity contribution in [1.29, 1.82) is 0 Å². The van der Waals surface area contributed by atoms with Crippen LogP contribution in [0.15, 0.2) is 25.3 Å². The second kappa shape index (κ2) is 8.06. The zero-order chi connectivity index (χ0) is 10.1. The van der Waals surface area contributed by atoms with E-state index in [1.54, 1.807) is 0 Å². The van der Waals surface area contributed by atoms with E-state index in [1.165, 1.54) is 6.42 Å². The first-order valence-corrected chi connectivity index (χ1v) is 5.15. The molecule has 0 amide bonds. The lowest BCUT2D eigenvalue weighted by Crippen LogP contribution is -2.25. The molecule has 0 saturated heterocycles. The third-order valence-electron chi connectivity index (χ3n) is 2.11. The van der Waals surface area contributed by atoms with E-state index >= 15 is 0 Å². The molecule has 1 N–H and O–H groups in total. The Kier molecular flexibility index (Phi) is 7.71. The maximum absolute atomic E-state index is 3.77. The molecule has 76 valence electrons. The monoisotopic (exact) mass is 181 g/mol. The van der Waals surface area contributed by atoms with Crippen LogP contribution in [0.25, 0.3) is 0 Å². The van der Waals surface area contributed by atoms with Crippen LogP contribution in [-0.4, -0.2) is 12.6 Å². The van der Waals surface area contributed by atoms with Crippen molar-refractivity contribution in [2.75, 3.05) is 6.54 Å². The van der Waals surface area contributed by atoms with E-state index < -0.39 is 0 Å². The average molecular weight is 181 g/mol. The molecule has 0 aliphatic rings. The molecular weight excluding hydrogens is 158 g/mol. The second-order valence-electron chi connectivity index (χ2n) is 3.81. The lowest BCUT2D eigenvalue weighted by atomic mass is 9.97. The van der Waals surface area contributed by atoms with Crippen LogP contribution in [0.3, 0.4) is 0 Å². The summed E-state index contributed by atoms with van der Waals surface area (Å²) in [7, 11) is 0. The molecule has 0 saturated carbocycles. The standard InChI is InChI=1S/C12H23N/c1-5-7-12(8-6-2)9-10-13-11(3)4/h5-6,11-13H,1-2,7-10H2,3-4H3. The Morgan fingerprint density at radius 1 is 1.15 bits per heavy atom. The Morgan fingerprint density at radius 2 is 1.69 bits per heavy atom. The van der Waals surface area contributed by atoms with E-state index in [9.17, 15) is 0 Å². The number of allylic oxidation sites excluding steroid dienone is 2. The number of nitrogens with one attached hydrogen (secondary N) is 1. The highest BCUT2D eigenvalue weighted by Crippen LogP contribution is 2.13. The van der Waals surface area contributed by atoms with E-state index in [4.69, 9.17) is 0 Å². The van der Waals surface area contributed by atoms with Crippen LogP contribution in [-0.2, 0) is 0 Å². The first kappa shape index (κ1) is 12.4. The third kappa shape index (κ3) is 7.79. The molecule has 0 spiro atoms. The largest absolute Gasteiger partial charge is 0.315 e. The molecular formula is C12H23N. The SMILES string of the molecule is C=CCC(CC=C)CCNC(C)C. The van der Waals surface area contributed by atoms with Gasteiger partial charge in [0, 0.05) is 6.04 Å². The summed E-state index contributed by atoms with van der Waals surface area (Å²) in [5, 5.41) is 3.42. The van der Waals surface area contributed by atoms with E-state index in [2.05, 4.69) is 32.3 Å². The summed E-state index contributed by atoms with van der Waals surface area (Å²) in [5.41, 5.74) is 0. The smallest absolute Gasteiger partial charge is 0.00103 e. The lowest BCUT2D eigenvalue weighted by molar-refractivity contribution is 0.456. The fourth-order valence-electron chi connectivity index (χ4n) is 1.38. The Labute approximate surface area is 82.9 Å². The highest BCUT2D eigenvalue weighted by molar-refractivity contribution is 4.80. The van der Waals surface area contributed by atoms with E-state index in [0.717, 1.165) is 25.3 Å². The quantitative estimate of drug-likeness (QED) is 0.567. The summed E-state index contributed by atoms with van der Waals surface area (Å²) in [6.07, 6.45) is 7.43. The highest BCUT2D eigenvalue weighted by atomic mass is 14.9. The lowest BCUT2D eigenvalue weighted by Gasteiger charge is -2.14. The Balaban J connectivity index is 3.55. The Hall–Kier alpha value is -0.560. The fourth-order valence-corrected chi connectivity index (χ4v) is 1.38. The number of rotatable bonds is 8. The zero-order valence-corrected chi connectivity index (χ0v) is 9.05. The second-order valence-corrected chi connectivity index (χ2v) is 3.81. The molecule has 13 heavy (non-hydrogen) atoms. The van der Waals surface area contributed by atoms with Gasteiger partial charge in [-0.05, 0) is 31.7 Å². The maximum atomic E-state index is 3.77. The van der Waals surface area contributed by atoms with Gasteiger partial charge in [0.05, 0.1) is 0 Å². The van der Waals surface area contributed by atoms with Crippen LogP contribution in [0, 0.1) is 5.92 Å². The maximum Gasteiger partial charge on any atom is 0.00103 e. The van der Waals surface area contributed by atoms with Crippen LogP contribution in [0.1, 0.15) is 33.1 Å². The van der Waals surface area contributed by atoms with Gasteiger partial charge >= 0.3 is 0 Å². The molecule has 0 unspecified atom stereocenters. The van der Waals surface area contributed by atoms with Crippen LogP contribution >= 0.6 is 0 Å². The van der Waals surface area contributed by atoms with Gasteiger partial charge < -0.3 is 5.32 Å². The van der Waals surface area contributed by atoms with Crippen molar-refractivity contribution in [3.05, 3.63) is 25.3 Å². The topological polar surface area (TPSA) is 12.0 Å². The molecule has 0 fully saturated rings. The van der Waals surface area contributed by atoms with E-state index in [1.807, 2.05) is 12.2 Å². The van der Waals surface area contributed by atoms with Crippen molar-refractivity contribution < 1.29 is 0 Å². The van der Waals surface area contributed by atoms with Crippen LogP contribution in [0.4, 0.5) is 0 Å². The molecule has 0 aliphatic carbocycles. The first-order chi connectivity index (χ1) is 6.20.